The van der Waals surface area contributed by atoms with E-state index in [1.165, 1.54) is 6.07 Å². The number of nitrogens with one attached hydrogen (secondary N) is 1. The van der Waals surface area contributed by atoms with E-state index in [0.717, 1.165) is 57.3 Å². The van der Waals surface area contributed by atoms with Gasteiger partial charge < -0.3 is 14.7 Å². The Labute approximate surface area is 218 Å². The highest BCUT2D eigenvalue weighted by atomic mass is 32.1. The van der Waals surface area contributed by atoms with Crippen molar-refractivity contribution in [3.05, 3.63) is 79.9 Å². The van der Waals surface area contributed by atoms with Crippen LogP contribution in [0.25, 0.3) is 22.5 Å². The standard InChI is InChI=1S/C27H27N5O4S/c1-16-13-21(23(32(34)35)14-17(16)2)29-27(33)31-11-9-20(10-12-31)26-28-22(15-37-26)24-18(3)36-30-25(24)19-7-5-4-6-8-19/h4-8,13-15,20H,9-12H2,1-3H3,(H,29,33). The number of rotatable bonds is 5. The molecule has 0 radical (unpaired) electrons. The molecule has 0 atom stereocenters. The van der Waals surface area contributed by atoms with Crippen molar-refractivity contribution in [1.29, 1.82) is 0 Å². The Hall–Kier alpha value is -4.05. The van der Waals surface area contributed by atoms with Crippen molar-refractivity contribution in [2.24, 2.45) is 0 Å². The van der Waals surface area contributed by atoms with Gasteiger partial charge in [-0.05, 0) is 50.8 Å². The third-order valence-corrected chi connectivity index (χ3v) is 7.88. The number of likely N-dealkylation sites (tertiary alicyclic amines) is 1. The van der Waals surface area contributed by atoms with Gasteiger partial charge in [-0.3, -0.25) is 10.1 Å². The van der Waals surface area contributed by atoms with Gasteiger partial charge in [-0.15, -0.1) is 11.3 Å². The monoisotopic (exact) mass is 517 g/mol. The maximum atomic E-state index is 12.9. The number of benzene rings is 2. The number of nitro groups is 1. The van der Waals surface area contributed by atoms with E-state index in [0.29, 0.717) is 13.1 Å². The molecule has 0 aliphatic carbocycles. The summed E-state index contributed by atoms with van der Waals surface area (Å²) in [4.78, 5) is 30.6. The van der Waals surface area contributed by atoms with E-state index in [1.807, 2.05) is 56.5 Å². The van der Waals surface area contributed by atoms with E-state index < -0.39 is 4.92 Å². The van der Waals surface area contributed by atoms with Gasteiger partial charge in [0.2, 0.25) is 0 Å². The quantitative estimate of drug-likeness (QED) is 0.232. The van der Waals surface area contributed by atoms with Crippen LogP contribution in [0, 0.1) is 30.9 Å². The van der Waals surface area contributed by atoms with Crippen molar-refractivity contribution in [3.63, 3.8) is 0 Å². The number of hydrogen-bond donors (Lipinski definition) is 1. The lowest BCUT2D eigenvalue weighted by Gasteiger charge is -2.31. The van der Waals surface area contributed by atoms with Crippen LogP contribution >= 0.6 is 11.3 Å². The zero-order valence-corrected chi connectivity index (χ0v) is 21.7. The van der Waals surface area contributed by atoms with Gasteiger partial charge in [0.05, 0.1) is 21.2 Å². The lowest BCUT2D eigenvalue weighted by atomic mass is 9.97. The fraction of sp³-hybridized carbons (Fsp3) is 0.296. The summed E-state index contributed by atoms with van der Waals surface area (Å²) in [5.74, 6) is 0.960. The third-order valence-electron chi connectivity index (χ3n) is 6.87. The molecule has 2 amide bonds. The van der Waals surface area contributed by atoms with Crippen molar-refractivity contribution in [3.8, 4) is 22.5 Å². The molecule has 0 spiro atoms. The number of piperidine rings is 1. The molecule has 2 aromatic heterocycles. The van der Waals surface area contributed by atoms with Crippen LogP contribution in [-0.4, -0.2) is 39.1 Å². The summed E-state index contributed by atoms with van der Waals surface area (Å²) >= 11 is 1.61. The van der Waals surface area contributed by atoms with E-state index in [9.17, 15) is 14.9 Å². The number of hydrogen-bond acceptors (Lipinski definition) is 7. The summed E-state index contributed by atoms with van der Waals surface area (Å²) in [5, 5.41) is 21.6. The first-order valence-electron chi connectivity index (χ1n) is 12.1. The van der Waals surface area contributed by atoms with Crippen LogP contribution in [0.1, 0.15) is 40.7 Å². The predicted octanol–water partition coefficient (Wildman–Crippen LogP) is 6.71. The second-order valence-corrected chi connectivity index (χ2v) is 10.2. The van der Waals surface area contributed by atoms with Crippen LogP contribution in [0.5, 0.6) is 0 Å². The number of nitro benzene ring substituents is 1. The van der Waals surface area contributed by atoms with Gasteiger partial charge in [0.1, 0.15) is 17.1 Å². The highest BCUT2D eigenvalue weighted by Crippen LogP contribution is 2.38. The minimum Gasteiger partial charge on any atom is -0.360 e. The number of carbonyl (C=O) groups excluding carboxylic acids is 1. The molecule has 0 bridgehead atoms. The molecule has 37 heavy (non-hydrogen) atoms. The molecule has 1 aliphatic rings. The Balaban J connectivity index is 1.27. The van der Waals surface area contributed by atoms with Crippen LogP contribution < -0.4 is 5.32 Å². The summed E-state index contributed by atoms with van der Waals surface area (Å²) in [6, 6.07) is 12.7. The maximum Gasteiger partial charge on any atom is 0.322 e. The average molecular weight is 518 g/mol. The number of carbonyl (C=O) groups is 1. The summed E-state index contributed by atoms with van der Waals surface area (Å²) in [5.41, 5.74) is 5.33. The summed E-state index contributed by atoms with van der Waals surface area (Å²) in [6.45, 7) is 6.67. The molecule has 1 N–H and O–H groups in total. The molecule has 9 nitrogen and oxygen atoms in total. The lowest BCUT2D eigenvalue weighted by Crippen LogP contribution is -2.40. The fourth-order valence-electron chi connectivity index (χ4n) is 4.63. The van der Waals surface area contributed by atoms with Crippen molar-refractivity contribution in [2.45, 2.75) is 39.5 Å². The molecule has 1 saturated heterocycles. The SMILES string of the molecule is Cc1cc(NC(=O)N2CCC(c3nc(-c4c(-c5ccccc5)noc4C)cs3)CC2)c([N+](=O)[O-])cc1C. The Bertz CT molecular complexity index is 1450. The number of amides is 2. The molecule has 0 unspecified atom stereocenters. The molecule has 0 saturated carbocycles. The fourth-order valence-corrected chi connectivity index (χ4v) is 5.61. The second kappa shape index (κ2) is 10.1. The van der Waals surface area contributed by atoms with Crippen molar-refractivity contribution >= 4 is 28.7 Å². The lowest BCUT2D eigenvalue weighted by molar-refractivity contribution is -0.384. The predicted molar refractivity (Wildman–Crippen MR) is 143 cm³/mol. The van der Waals surface area contributed by atoms with Crippen LogP contribution in [0.3, 0.4) is 0 Å². The van der Waals surface area contributed by atoms with E-state index in [2.05, 4.69) is 10.5 Å². The van der Waals surface area contributed by atoms with E-state index in [4.69, 9.17) is 9.51 Å². The van der Waals surface area contributed by atoms with Gasteiger partial charge in [0.15, 0.2) is 0 Å². The normalized spacial score (nSPS) is 14.1. The maximum absolute atomic E-state index is 12.9. The molecule has 1 fully saturated rings. The number of nitrogens with zero attached hydrogens (tertiary/aromatic N) is 4. The summed E-state index contributed by atoms with van der Waals surface area (Å²) in [7, 11) is 0. The van der Waals surface area contributed by atoms with E-state index in [1.54, 1.807) is 22.3 Å². The molecular weight excluding hydrogens is 490 g/mol. The van der Waals surface area contributed by atoms with Gasteiger partial charge in [-0.1, -0.05) is 35.5 Å². The molecule has 3 heterocycles. The topological polar surface area (TPSA) is 114 Å². The van der Waals surface area contributed by atoms with Gasteiger partial charge >= 0.3 is 6.03 Å². The minimum atomic E-state index is -0.463. The molecule has 190 valence electrons. The number of urea groups is 1. The third kappa shape index (κ3) is 4.97. The van der Waals surface area contributed by atoms with Crippen molar-refractivity contribution in [1.82, 2.24) is 15.0 Å². The van der Waals surface area contributed by atoms with E-state index in [-0.39, 0.29) is 23.3 Å². The summed E-state index contributed by atoms with van der Waals surface area (Å²) in [6.07, 6.45) is 1.53. The van der Waals surface area contributed by atoms with Gasteiger partial charge in [-0.25, -0.2) is 9.78 Å². The smallest absolute Gasteiger partial charge is 0.322 e. The van der Waals surface area contributed by atoms with Crippen LogP contribution in [0.15, 0.2) is 52.4 Å². The first-order valence-corrected chi connectivity index (χ1v) is 13.0. The van der Waals surface area contributed by atoms with Crippen LogP contribution in [0.2, 0.25) is 0 Å². The first kappa shape index (κ1) is 24.6. The Morgan fingerprint density at radius 1 is 1.14 bits per heavy atom. The van der Waals surface area contributed by atoms with Crippen LogP contribution in [0.4, 0.5) is 16.2 Å². The first-order chi connectivity index (χ1) is 17.8. The highest BCUT2D eigenvalue weighted by molar-refractivity contribution is 7.10. The minimum absolute atomic E-state index is 0.0967. The molecule has 4 aromatic rings. The van der Waals surface area contributed by atoms with Gasteiger partial charge in [-0.2, -0.15) is 0 Å². The molecule has 1 aliphatic heterocycles. The molecular formula is C27H27N5O4S. The molecule has 10 heteroatoms. The van der Waals surface area contributed by atoms with Crippen molar-refractivity contribution in [2.75, 3.05) is 18.4 Å². The number of thiazole rings is 1. The van der Waals surface area contributed by atoms with Gasteiger partial charge in [0.25, 0.3) is 5.69 Å². The second-order valence-electron chi connectivity index (χ2n) is 9.30. The number of aromatic nitrogens is 2. The zero-order valence-electron chi connectivity index (χ0n) is 20.9. The van der Waals surface area contributed by atoms with Crippen molar-refractivity contribution < 1.29 is 14.2 Å². The summed E-state index contributed by atoms with van der Waals surface area (Å²) < 4.78 is 5.51. The number of aryl methyl sites for hydroxylation is 3. The zero-order chi connectivity index (χ0) is 26.1. The van der Waals surface area contributed by atoms with Crippen LogP contribution in [-0.2, 0) is 0 Å². The average Bonchev–Trinajstić information content (AvgIpc) is 3.53. The highest BCUT2D eigenvalue weighted by Gasteiger charge is 2.28. The number of anilines is 1. The largest absolute Gasteiger partial charge is 0.360 e. The Morgan fingerprint density at radius 3 is 2.54 bits per heavy atom. The molecule has 2 aromatic carbocycles. The Kier molecular flexibility index (Phi) is 6.75. The van der Waals surface area contributed by atoms with Gasteiger partial charge in [0, 0.05) is 36.0 Å². The Morgan fingerprint density at radius 2 is 1.84 bits per heavy atom. The molecule has 5 rings (SSSR count). The van der Waals surface area contributed by atoms with E-state index >= 15 is 0 Å².